The van der Waals surface area contributed by atoms with Crippen LogP contribution in [0.2, 0.25) is 0 Å². The van der Waals surface area contributed by atoms with E-state index < -0.39 is 0 Å². The van der Waals surface area contributed by atoms with E-state index in [0.29, 0.717) is 0 Å². The van der Waals surface area contributed by atoms with Gasteiger partial charge in [-0.2, -0.15) is 0 Å². The fourth-order valence-electron chi connectivity index (χ4n) is 1.64. The van der Waals surface area contributed by atoms with Crippen molar-refractivity contribution in [3.8, 4) is 0 Å². The fourth-order valence-corrected chi connectivity index (χ4v) is 1.64. The topological polar surface area (TPSA) is 21.7 Å². The minimum Gasteiger partial charge on any atom is -0.352 e. The van der Waals surface area contributed by atoms with E-state index in [0.717, 1.165) is 38.8 Å². The molecule has 0 radical (unpaired) electrons. The van der Waals surface area contributed by atoms with Crippen LogP contribution in [0.5, 0.6) is 0 Å². The smallest absolute Gasteiger partial charge is 0.170 e. The molecule has 0 aromatic carbocycles. The lowest BCUT2D eigenvalue weighted by molar-refractivity contribution is -0.177. The van der Waals surface area contributed by atoms with Crippen molar-refractivity contribution in [3.05, 3.63) is 0 Å². The molecule has 0 bridgehead atoms. The highest BCUT2D eigenvalue weighted by molar-refractivity contribution is 4.66. The average molecular weight is 187 g/mol. The summed E-state index contributed by atoms with van der Waals surface area (Å²) >= 11 is 0. The largest absolute Gasteiger partial charge is 0.352 e. The van der Waals surface area contributed by atoms with E-state index in [9.17, 15) is 0 Å². The van der Waals surface area contributed by atoms with Crippen LogP contribution in [0.4, 0.5) is 0 Å². The summed E-state index contributed by atoms with van der Waals surface area (Å²) in [6.45, 7) is 11.1. The first-order chi connectivity index (χ1) is 6.22. The zero-order valence-electron chi connectivity index (χ0n) is 8.95. The number of nitrogens with zero attached hydrogens (tertiary/aromatic N) is 1. The Morgan fingerprint density at radius 2 is 2.31 bits per heavy atom. The predicted molar refractivity (Wildman–Crippen MR) is 52.6 cm³/mol. The van der Waals surface area contributed by atoms with Crippen LogP contribution in [0.25, 0.3) is 0 Å². The molecule has 1 aliphatic rings. The van der Waals surface area contributed by atoms with Crippen molar-refractivity contribution in [1.82, 2.24) is 4.90 Å². The standard InChI is InChI=1S/C10H21NO2/c1-4-12-10-8-11(5-6-13-10)7-9(2)3/h9-10H,4-8H2,1-3H3. The van der Waals surface area contributed by atoms with Gasteiger partial charge >= 0.3 is 0 Å². The molecular formula is C10H21NO2. The van der Waals surface area contributed by atoms with Gasteiger partial charge in [-0.15, -0.1) is 0 Å². The third kappa shape index (κ3) is 4.07. The molecule has 1 aliphatic heterocycles. The molecule has 3 nitrogen and oxygen atoms in total. The van der Waals surface area contributed by atoms with Crippen molar-refractivity contribution in [3.63, 3.8) is 0 Å². The molecule has 3 heteroatoms. The Morgan fingerprint density at radius 3 is 2.92 bits per heavy atom. The Balaban J connectivity index is 2.24. The van der Waals surface area contributed by atoms with Gasteiger partial charge < -0.3 is 9.47 Å². The van der Waals surface area contributed by atoms with Crippen molar-refractivity contribution >= 4 is 0 Å². The summed E-state index contributed by atoms with van der Waals surface area (Å²) in [5, 5.41) is 0. The molecule has 1 rings (SSSR count). The highest BCUT2D eigenvalue weighted by Gasteiger charge is 2.20. The van der Waals surface area contributed by atoms with E-state index in [2.05, 4.69) is 18.7 Å². The number of morpholine rings is 1. The molecule has 1 saturated heterocycles. The lowest BCUT2D eigenvalue weighted by Crippen LogP contribution is -2.44. The Kier molecular flexibility index (Phi) is 4.70. The number of ether oxygens (including phenoxy) is 2. The second-order valence-electron chi connectivity index (χ2n) is 3.91. The van der Waals surface area contributed by atoms with E-state index in [1.54, 1.807) is 0 Å². The SMILES string of the molecule is CCOC1CN(CC(C)C)CCO1. The minimum atomic E-state index is -0.00231. The van der Waals surface area contributed by atoms with Gasteiger partial charge in [-0.1, -0.05) is 13.8 Å². The van der Waals surface area contributed by atoms with Crippen molar-refractivity contribution in [2.75, 3.05) is 32.8 Å². The van der Waals surface area contributed by atoms with E-state index in [1.165, 1.54) is 0 Å². The van der Waals surface area contributed by atoms with Crippen LogP contribution in [0, 0.1) is 5.92 Å². The van der Waals surface area contributed by atoms with Gasteiger partial charge in [-0.3, -0.25) is 4.90 Å². The molecule has 1 unspecified atom stereocenters. The highest BCUT2D eigenvalue weighted by Crippen LogP contribution is 2.08. The van der Waals surface area contributed by atoms with E-state index in [-0.39, 0.29) is 6.29 Å². The fraction of sp³-hybridized carbons (Fsp3) is 1.00. The lowest BCUT2D eigenvalue weighted by Gasteiger charge is -2.33. The molecule has 0 spiro atoms. The van der Waals surface area contributed by atoms with E-state index >= 15 is 0 Å². The lowest BCUT2D eigenvalue weighted by atomic mass is 10.2. The van der Waals surface area contributed by atoms with Crippen LogP contribution >= 0.6 is 0 Å². The van der Waals surface area contributed by atoms with Gasteiger partial charge in [0.05, 0.1) is 6.61 Å². The number of rotatable bonds is 4. The molecule has 0 aromatic rings. The van der Waals surface area contributed by atoms with E-state index in [4.69, 9.17) is 9.47 Å². The van der Waals surface area contributed by atoms with Gasteiger partial charge in [0.25, 0.3) is 0 Å². The van der Waals surface area contributed by atoms with Gasteiger partial charge in [0.15, 0.2) is 6.29 Å². The summed E-state index contributed by atoms with van der Waals surface area (Å²) in [6, 6.07) is 0. The molecule has 0 aromatic heterocycles. The van der Waals surface area contributed by atoms with Gasteiger partial charge in [-0.25, -0.2) is 0 Å². The number of hydrogen-bond acceptors (Lipinski definition) is 3. The molecule has 13 heavy (non-hydrogen) atoms. The quantitative estimate of drug-likeness (QED) is 0.663. The summed E-state index contributed by atoms with van der Waals surface area (Å²) in [4.78, 5) is 2.41. The van der Waals surface area contributed by atoms with Crippen LogP contribution in [0.15, 0.2) is 0 Å². The Labute approximate surface area is 81.0 Å². The molecule has 1 fully saturated rings. The molecule has 0 amide bonds. The normalized spacial score (nSPS) is 25.4. The zero-order valence-corrected chi connectivity index (χ0v) is 8.95. The summed E-state index contributed by atoms with van der Waals surface area (Å²) < 4.78 is 10.9. The summed E-state index contributed by atoms with van der Waals surface area (Å²) in [6.07, 6.45) is -0.00231. The first-order valence-electron chi connectivity index (χ1n) is 5.18. The van der Waals surface area contributed by atoms with Crippen LogP contribution < -0.4 is 0 Å². The summed E-state index contributed by atoms with van der Waals surface area (Å²) in [7, 11) is 0. The average Bonchev–Trinajstić information content (AvgIpc) is 2.04. The number of hydrogen-bond donors (Lipinski definition) is 0. The monoisotopic (exact) mass is 187 g/mol. The Hall–Kier alpha value is -0.120. The molecule has 1 heterocycles. The van der Waals surface area contributed by atoms with Crippen LogP contribution in [0.1, 0.15) is 20.8 Å². The second-order valence-corrected chi connectivity index (χ2v) is 3.91. The van der Waals surface area contributed by atoms with Gasteiger partial charge in [0.2, 0.25) is 0 Å². The highest BCUT2D eigenvalue weighted by atomic mass is 16.7. The molecular weight excluding hydrogens is 166 g/mol. The minimum absolute atomic E-state index is 0.00231. The van der Waals surface area contributed by atoms with Crippen molar-refractivity contribution in [2.24, 2.45) is 5.92 Å². The third-order valence-corrected chi connectivity index (χ3v) is 2.09. The molecule has 0 N–H and O–H groups in total. The maximum Gasteiger partial charge on any atom is 0.170 e. The van der Waals surface area contributed by atoms with Gasteiger partial charge in [-0.05, 0) is 12.8 Å². The molecule has 0 aliphatic carbocycles. The summed E-state index contributed by atoms with van der Waals surface area (Å²) in [5.74, 6) is 0.723. The van der Waals surface area contributed by atoms with Gasteiger partial charge in [0.1, 0.15) is 0 Å². The first-order valence-corrected chi connectivity index (χ1v) is 5.18. The van der Waals surface area contributed by atoms with Crippen molar-refractivity contribution < 1.29 is 9.47 Å². The van der Waals surface area contributed by atoms with Crippen molar-refractivity contribution in [1.29, 1.82) is 0 Å². The maximum atomic E-state index is 5.47. The molecule has 1 atom stereocenters. The van der Waals surface area contributed by atoms with Gasteiger partial charge in [0, 0.05) is 26.2 Å². The van der Waals surface area contributed by atoms with Crippen LogP contribution in [0.3, 0.4) is 0 Å². The molecule has 0 saturated carbocycles. The van der Waals surface area contributed by atoms with E-state index in [1.807, 2.05) is 6.92 Å². The Morgan fingerprint density at radius 1 is 1.54 bits per heavy atom. The van der Waals surface area contributed by atoms with Crippen LogP contribution in [-0.2, 0) is 9.47 Å². The third-order valence-electron chi connectivity index (χ3n) is 2.09. The zero-order chi connectivity index (χ0) is 9.68. The molecule has 78 valence electrons. The second kappa shape index (κ2) is 5.58. The predicted octanol–water partition coefficient (Wildman–Crippen LogP) is 1.34. The summed E-state index contributed by atoms with van der Waals surface area (Å²) in [5.41, 5.74) is 0. The maximum absolute atomic E-state index is 5.47. The van der Waals surface area contributed by atoms with Crippen molar-refractivity contribution in [2.45, 2.75) is 27.1 Å². The first kappa shape index (κ1) is 11.0. The Bertz CT molecular complexity index is 137. The van der Waals surface area contributed by atoms with Crippen LogP contribution in [-0.4, -0.2) is 44.0 Å².